The van der Waals surface area contributed by atoms with E-state index >= 15 is 0 Å². The maximum atomic E-state index is 2.52. The van der Waals surface area contributed by atoms with E-state index in [2.05, 4.69) is 182 Å². The lowest BCUT2D eigenvalue weighted by Crippen LogP contribution is -2.27. The van der Waals surface area contributed by atoms with Gasteiger partial charge in [-0.3, -0.25) is 0 Å². The van der Waals surface area contributed by atoms with Crippen LogP contribution < -0.4 is 14.7 Å². The number of hydrogen-bond acceptors (Lipinski definition) is 2. The van der Waals surface area contributed by atoms with Crippen molar-refractivity contribution in [2.75, 3.05) is 4.90 Å². The number of hydrogen-bond donors (Lipinski definition) is 0. The van der Waals surface area contributed by atoms with Crippen LogP contribution >= 0.6 is 11.3 Å². The van der Waals surface area contributed by atoms with Crippen LogP contribution in [0.25, 0.3) is 44.6 Å². The number of benzene rings is 5. The summed E-state index contributed by atoms with van der Waals surface area (Å²) < 4.78 is 2.54. The van der Waals surface area contributed by atoms with E-state index < -0.39 is 0 Å². The molecule has 5 aromatic carbocycles. The molecule has 4 aliphatic carbocycles. The number of thiophene rings is 1. The Kier molecular flexibility index (Phi) is 7.47. The van der Waals surface area contributed by atoms with Crippen LogP contribution in [0, 0.1) is 0 Å². The molecule has 1 unspecified atom stereocenters. The largest absolute Gasteiger partial charge is 0.315 e. The molecule has 0 saturated heterocycles. The van der Waals surface area contributed by atoms with Crippen molar-refractivity contribution in [3.8, 4) is 11.1 Å². The van der Waals surface area contributed by atoms with Gasteiger partial charge in [0, 0.05) is 32.8 Å². The Hall–Kier alpha value is -5.70. The first-order valence-electron chi connectivity index (χ1n) is 18.6. The zero-order valence-corrected chi connectivity index (χ0v) is 30.2. The molecule has 6 aromatic rings. The number of allylic oxidation sites excluding steroid dienone is 10. The molecular weight excluding hydrogens is 647 g/mol. The molecule has 0 bridgehead atoms. The van der Waals surface area contributed by atoms with Gasteiger partial charge in [0.05, 0.1) is 15.6 Å². The SMILES string of the molecule is C/C=C\C=c1/c(=CN(c2ccc3c(c2)C2(C4=C(CCC=C4)c4ccccc42)c2ccccc2-3)c2ccccc2C2=CCCC=C2)sc2ccccc12. The number of nitrogens with zero attached hydrogens (tertiary/aromatic N) is 1. The number of anilines is 2. The summed E-state index contributed by atoms with van der Waals surface area (Å²) in [5.41, 5.74) is 15.8. The topological polar surface area (TPSA) is 3.24 Å². The van der Waals surface area contributed by atoms with E-state index in [1.54, 1.807) is 0 Å². The minimum absolute atomic E-state index is 0.354. The van der Waals surface area contributed by atoms with Crippen molar-refractivity contribution in [1.82, 2.24) is 0 Å². The average molecular weight is 686 g/mol. The fraction of sp³-hybridized carbons (Fsp3) is 0.120. The summed E-state index contributed by atoms with van der Waals surface area (Å²) in [4.78, 5) is 2.47. The molecule has 1 nitrogen and oxygen atoms in total. The lowest BCUT2D eigenvalue weighted by molar-refractivity contribution is 0.780. The first kappa shape index (κ1) is 31.1. The third-order valence-electron chi connectivity index (χ3n) is 11.4. The first-order valence-corrected chi connectivity index (χ1v) is 19.4. The molecule has 1 heterocycles. The van der Waals surface area contributed by atoms with Gasteiger partial charge in [-0.15, -0.1) is 11.3 Å². The highest BCUT2D eigenvalue weighted by Crippen LogP contribution is 2.63. The predicted octanol–water partition coefficient (Wildman–Crippen LogP) is 12.0. The molecule has 1 aromatic heterocycles. The first-order chi connectivity index (χ1) is 25.8. The van der Waals surface area contributed by atoms with Crippen LogP contribution in [0.3, 0.4) is 0 Å². The monoisotopic (exact) mass is 685 g/mol. The maximum Gasteiger partial charge on any atom is 0.0722 e. The fourth-order valence-corrected chi connectivity index (χ4v) is 10.3. The van der Waals surface area contributed by atoms with Crippen molar-refractivity contribution in [2.45, 2.75) is 38.0 Å². The zero-order chi connectivity index (χ0) is 34.6. The minimum Gasteiger partial charge on any atom is -0.315 e. The van der Waals surface area contributed by atoms with E-state index in [4.69, 9.17) is 0 Å². The van der Waals surface area contributed by atoms with Crippen LogP contribution in [0.15, 0.2) is 163 Å². The van der Waals surface area contributed by atoms with Crippen LogP contribution in [-0.2, 0) is 5.41 Å². The van der Waals surface area contributed by atoms with Crippen molar-refractivity contribution in [3.05, 3.63) is 201 Å². The molecule has 0 amide bonds. The summed E-state index contributed by atoms with van der Waals surface area (Å²) in [5.74, 6) is 0. The minimum atomic E-state index is -0.354. The normalized spacial score (nSPS) is 19.1. The van der Waals surface area contributed by atoms with Crippen molar-refractivity contribution < 1.29 is 0 Å². The predicted molar refractivity (Wildman–Crippen MR) is 223 cm³/mol. The number of fused-ring (bicyclic) bond motifs is 10. The van der Waals surface area contributed by atoms with Gasteiger partial charge in [-0.1, -0.05) is 140 Å². The second-order valence-corrected chi connectivity index (χ2v) is 15.2. The quantitative estimate of drug-likeness (QED) is 0.175. The molecule has 0 N–H and O–H groups in total. The van der Waals surface area contributed by atoms with Gasteiger partial charge in [-0.25, -0.2) is 0 Å². The smallest absolute Gasteiger partial charge is 0.0722 e. The summed E-state index contributed by atoms with van der Waals surface area (Å²) in [5, 5.41) is 2.55. The lowest BCUT2D eigenvalue weighted by Gasteiger charge is -2.33. The molecule has 0 aliphatic heterocycles. The summed E-state index contributed by atoms with van der Waals surface area (Å²) >= 11 is 1.87. The Morgan fingerprint density at radius 3 is 2.25 bits per heavy atom. The van der Waals surface area contributed by atoms with E-state index in [1.807, 2.05) is 11.3 Å². The Balaban J connectivity index is 1.28. The number of rotatable bonds is 5. The van der Waals surface area contributed by atoms with Gasteiger partial charge in [0.15, 0.2) is 0 Å². The van der Waals surface area contributed by atoms with Crippen LogP contribution in [0.4, 0.5) is 11.4 Å². The van der Waals surface area contributed by atoms with Crippen LogP contribution in [0.5, 0.6) is 0 Å². The lowest BCUT2D eigenvalue weighted by atomic mass is 9.69. The van der Waals surface area contributed by atoms with Crippen molar-refractivity contribution in [2.24, 2.45) is 0 Å². The second kappa shape index (κ2) is 12.5. The molecule has 10 rings (SSSR count). The average Bonchev–Trinajstić information content (AvgIpc) is 3.82. The third kappa shape index (κ3) is 4.60. The zero-order valence-electron chi connectivity index (χ0n) is 29.3. The molecule has 0 fully saturated rings. The van der Waals surface area contributed by atoms with Crippen LogP contribution in [-0.4, -0.2) is 0 Å². The van der Waals surface area contributed by atoms with Gasteiger partial charge < -0.3 is 4.90 Å². The van der Waals surface area contributed by atoms with Crippen molar-refractivity contribution in [1.29, 1.82) is 0 Å². The molecule has 1 spiro atoms. The summed E-state index contributed by atoms with van der Waals surface area (Å²) in [6, 6.07) is 43.4. The van der Waals surface area contributed by atoms with E-state index in [9.17, 15) is 0 Å². The Bertz CT molecular complexity index is 2710. The highest BCUT2D eigenvalue weighted by molar-refractivity contribution is 7.17. The highest BCUT2D eigenvalue weighted by Gasteiger charge is 2.52. The van der Waals surface area contributed by atoms with E-state index in [1.165, 1.54) is 86.9 Å². The Labute approximate surface area is 309 Å². The molecule has 0 saturated carbocycles. The molecule has 0 radical (unpaired) electrons. The molecule has 2 heteroatoms. The van der Waals surface area contributed by atoms with Gasteiger partial charge in [0.2, 0.25) is 0 Å². The maximum absolute atomic E-state index is 2.52. The van der Waals surface area contributed by atoms with Crippen LogP contribution in [0.1, 0.15) is 60.4 Å². The number of para-hydroxylation sites is 1. The van der Waals surface area contributed by atoms with Crippen molar-refractivity contribution in [3.63, 3.8) is 0 Å². The molecule has 1 atom stereocenters. The molecule has 4 aliphatic rings. The fourth-order valence-electron chi connectivity index (χ4n) is 9.20. The van der Waals surface area contributed by atoms with Gasteiger partial charge in [0.1, 0.15) is 0 Å². The van der Waals surface area contributed by atoms with E-state index in [-0.39, 0.29) is 5.41 Å². The van der Waals surface area contributed by atoms with Gasteiger partial charge >= 0.3 is 0 Å². The Morgan fingerprint density at radius 1 is 0.673 bits per heavy atom. The summed E-state index contributed by atoms with van der Waals surface area (Å²) in [7, 11) is 0. The van der Waals surface area contributed by atoms with Crippen LogP contribution in [0.2, 0.25) is 0 Å². The van der Waals surface area contributed by atoms with Gasteiger partial charge in [0.25, 0.3) is 0 Å². The van der Waals surface area contributed by atoms with Gasteiger partial charge in [-0.05, 0) is 107 Å². The molecule has 52 heavy (non-hydrogen) atoms. The van der Waals surface area contributed by atoms with E-state index in [0.717, 1.165) is 25.7 Å². The highest BCUT2D eigenvalue weighted by atomic mass is 32.1. The Morgan fingerprint density at radius 2 is 1.40 bits per heavy atom. The van der Waals surface area contributed by atoms with Crippen molar-refractivity contribution >= 4 is 56.2 Å². The molecule has 250 valence electrons. The van der Waals surface area contributed by atoms with Gasteiger partial charge in [-0.2, -0.15) is 0 Å². The van der Waals surface area contributed by atoms with E-state index in [0.29, 0.717) is 0 Å². The summed E-state index contributed by atoms with van der Waals surface area (Å²) in [6.45, 7) is 2.09. The molecular formula is C50H39NS. The standard InChI is InChI=1S/C50H39NS/c1-2-3-19-42-41-24-11-16-29-48(41)52-49(42)33-51(47-28-15-10-20-36(47)34-17-5-4-6-18-34)35-30-31-40-39-23-9-14-27-45(39)50(46(40)32-35)43-25-12-7-21-37(43)38-22-8-13-26-44(38)50/h2-3,5,7,9-21,23-33H,4,6,8,22H2,1H3/b3-2-,42-19-,49-33?. The third-order valence-corrected chi connectivity index (χ3v) is 12.5. The summed E-state index contributed by atoms with van der Waals surface area (Å²) in [6.07, 6.45) is 25.1. The second-order valence-electron chi connectivity index (χ2n) is 14.1.